The summed E-state index contributed by atoms with van der Waals surface area (Å²) in [7, 11) is 2.02. The number of hydrogen-bond acceptors (Lipinski definition) is 4. The van der Waals surface area contributed by atoms with E-state index in [-0.39, 0.29) is 11.1 Å². The molecule has 0 amide bonds. The Balaban J connectivity index is 2.23. The van der Waals surface area contributed by atoms with Crippen LogP contribution in [0, 0.1) is 5.41 Å². The molecule has 106 valence electrons. The van der Waals surface area contributed by atoms with E-state index < -0.39 is 0 Å². The predicted molar refractivity (Wildman–Crippen MR) is 77.6 cm³/mol. The van der Waals surface area contributed by atoms with Gasteiger partial charge in [-0.3, -0.25) is 0 Å². The van der Waals surface area contributed by atoms with Crippen molar-refractivity contribution in [1.82, 2.24) is 15.3 Å². The maximum Gasteiger partial charge on any atom is 0.347 e. The van der Waals surface area contributed by atoms with Crippen molar-refractivity contribution in [2.24, 2.45) is 5.41 Å². The lowest BCUT2D eigenvalue weighted by molar-refractivity contribution is 0.381. The summed E-state index contributed by atoms with van der Waals surface area (Å²) in [5, 5.41) is 3.34. The van der Waals surface area contributed by atoms with Gasteiger partial charge >= 0.3 is 5.69 Å². The third kappa shape index (κ3) is 3.56. The molecule has 1 aliphatic heterocycles. The topological polar surface area (TPSA) is 61.0 Å². The van der Waals surface area contributed by atoms with Crippen LogP contribution >= 0.6 is 0 Å². The fourth-order valence-electron chi connectivity index (χ4n) is 2.28. The first kappa shape index (κ1) is 14.1. The Kier molecular flexibility index (Phi) is 3.94. The molecule has 19 heavy (non-hydrogen) atoms. The first-order valence-corrected chi connectivity index (χ1v) is 6.91. The molecule has 1 aromatic rings. The Morgan fingerprint density at radius 2 is 2.11 bits per heavy atom. The number of aromatic amines is 1. The van der Waals surface area contributed by atoms with E-state index in [1.807, 2.05) is 7.05 Å². The highest BCUT2D eigenvalue weighted by Crippen LogP contribution is 2.23. The smallest absolute Gasteiger partial charge is 0.347 e. The van der Waals surface area contributed by atoms with Crippen LogP contribution in [0.15, 0.2) is 4.79 Å². The first-order chi connectivity index (χ1) is 8.87. The van der Waals surface area contributed by atoms with Gasteiger partial charge in [0.25, 0.3) is 0 Å². The maximum atomic E-state index is 11.7. The lowest BCUT2D eigenvalue weighted by Gasteiger charge is -2.27. The van der Waals surface area contributed by atoms with Gasteiger partial charge in [-0.25, -0.2) is 4.79 Å². The molecule has 0 atom stereocenters. The Morgan fingerprint density at radius 3 is 2.79 bits per heavy atom. The molecule has 0 aliphatic carbocycles. The molecule has 5 nitrogen and oxygen atoms in total. The molecule has 5 heteroatoms. The van der Waals surface area contributed by atoms with Crippen molar-refractivity contribution >= 4 is 5.82 Å². The van der Waals surface area contributed by atoms with E-state index in [1.165, 1.54) is 0 Å². The molecule has 0 radical (unpaired) electrons. The Morgan fingerprint density at radius 1 is 1.37 bits per heavy atom. The molecule has 1 aromatic heterocycles. The zero-order valence-electron chi connectivity index (χ0n) is 12.3. The SMILES string of the molecule is CN(CCC(C)(C)C)c1nc(=O)[nH]c2c1CNCC2. The van der Waals surface area contributed by atoms with Crippen LogP contribution in [0.5, 0.6) is 0 Å². The third-order valence-corrected chi connectivity index (χ3v) is 3.51. The van der Waals surface area contributed by atoms with Crippen LogP contribution in [0.2, 0.25) is 0 Å². The van der Waals surface area contributed by atoms with Crippen LogP contribution in [-0.2, 0) is 13.0 Å². The average Bonchev–Trinajstić information content (AvgIpc) is 2.34. The maximum absolute atomic E-state index is 11.7. The molecule has 0 unspecified atom stereocenters. The number of nitrogens with zero attached hydrogens (tertiary/aromatic N) is 2. The third-order valence-electron chi connectivity index (χ3n) is 3.51. The van der Waals surface area contributed by atoms with E-state index in [2.05, 4.69) is 41.0 Å². The number of fused-ring (bicyclic) bond motifs is 1. The zero-order chi connectivity index (χ0) is 14.0. The van der Waals surface area contributed by atoms with Crippen molar-refractivity contribution in [3.8, 4) is 0 Å². The van der Waals surface area contributed by atoms with Gasteiger partial charge in [0.2, 0.25) is 0 Å². The molecule has 0 spiro atoms. The largest absolute Gasteiger partial charge is 0.359 e. The molecule has 2 rings (SSSR count). The molecule has 0 saturated carbocycles. The molecule has 1 aliphatic rings. The highest BCUT2D eigenvalue weighted by molar-refractivity contribution is 5.48. The number of rotatable bonds is 3. The van der Waals surface area contributed by atoms with Crippen molar-refractivity contribution in [3.05, 3.63) is 21.7 Å². The van der Waals surface area contributed by atoms with Gasteiger partial charge < -0.3 is 15.2 Å². The fraction of sp³-hybridized carbons (Fsp3) is 0.714. The van der Waals surface area contributed by atoms with Gasteiger partial charge in [-0.1, -0.05) is 20.8 Å². The molecular formula is C14H24N4O. The van der Waals surface area contributed by atoms with E-state index in [9.17, 15) is 4.79 Å². The highest BCUT2D eigenvalue weighted by Gasteiger charge is 2.19. The summed E-state index contributed by atoms with van der Waals surface area (Å²) in [6, 6.07) is 0. The minimum absolute atomic E-state index is 0.238. The monoisotopic (exact) mass is 264 g/mol. The number of nitrogens with one attached hydrogen (secondary N) is 2. The highest BCUT2D eigenvalue weighted by atomic mass is 16.1. The van der Waals surface area contributed by atoms with Crippen LogP contribution in [0.1, 0.15) is 38.4 Å². The normalized spacial score (nSPS) is 15.2. The molecule has 2 heterocycles. The van der Waals surface area contributed by atoms with Crippen molar-refractivity contribution in [1.29, 1.82) is 0 Å². The molecule has 0 aromatic carbocycles. The van der Waals surface area contributed by atoms with Gasteiger partial charge in [0, 0.05) is 44.4 Å². The van der Waals surface area contributed by atoms with E-state index >= 15 is 0 Å². The van der Waals surface area contributed by atoms with Crippen LogP contribution in [0.25, 0.3) is 0 Å². The molecule has 2 N–H and O–H groups in total. The van der Waals surface area contributed by atoms with Crippen LogP contribution in [0.4, 0.5) is 5.82 Å². The standard InChI is InChI=1S/C14H24N4O/c1-14(2,3)6-8-18(4)12-10-9-15-7-5-11(10)16-13(19)17-12/h15H,5-9H2,1-4H3,(H,16,17,19). The van der Waals surface area contributed by atoms with E-state index in [4.69, 9.17) is 0 Å². The zero-order valence-corrected chi connectivity index (χ0v) is 12.3. The van der Waals surface area contributed by atoms with Gasteiger partial charge in [0.1, 0.15) is 5.82 Å². The predicted octanol–water partition coefficient (Wildman–Crippen LogP) is 1.29. The molecule has 0 saturated heterocycles. The van der Waals surface area contributed by atoms with E-state index in [1.54, 1.807) is 0 Å². The van der Waals surface area contributed by atoms with Crippen LogP contribution < -0.4 is 15.9 Å². The first-order valence-electron chi connectivity index (χ1n) is 6.91. The lowest BCUT2D eigenvalue weighted by atomic mass is 9.92. The van der Waals surface area contributed by atoms with Crippen molar-refractivity contribution in [3.63, 3.8) is 0 Å². The summed E-state index contributed by atoms with van der Waals surface area (Å²) in [5.74, 6) is 0.829. The lowest BCUT2D eigenvalue weighted by Crippen LogP contribution is -2.33. The van der Waals surface area contributed by atoms with Gasteiger partial charge in [-0.2, -0.15) is 4.98 Å². The van der Waals surface area contributed by atoms with Crippen LogP contribution in [0.3, 0.4) is 0 Å². The van der Waals surface area contributed by atoms with Crippen LogP contribution in [-0.4, -0.2) is 30.1 Å². The summed E-state index contributed by atoms with van der Waals surface area (Å²) in [6.07, 6.45) is 1.94. The number of aromatic nitrogens is 2. The summed E-state index contributed by atoms with van der Waals surface area (Å²) in [4.78, 5) is 20.8. The Hall–Kier alpha value is -1.36. The minimum atomic E-state index is -0.238. The Labute approximate surface area is 114 Å². The summed E-state index contributed by atoms with van der Waals surface area (Å²) in [6.45, 7) is 9.29. The average molecular weight is 264 g/mol. The second kappa shape index (κ2) is 5.33. The van der Waals surface area contributed by atoms with Gasteiger partial charge in [-0.15, -0.1) is 0 Å². The van der Waals surface area contributed by atoms with Crippen molar-refractivity contribution in [2.75, 3.05) is 25.0 Å². The summed E-state index contributed by atoms with van der Waals surface area (Å²) >= 11 is 0. The number of anilines is 1. The van der Waals surface area contributed by atoms with E-state index in [0.717, 1.165) is 49.6 Å². The molecule has 0 fully saturated rings. The second-order valence-electron chi connectivity index (χ2n) is 6.48. The minimum Gasteiger partial charge on any atom is -0.359 e. The van der Waals surface area contributed by atoms with Gasteiger partial charge in [0.05, 0.1) is 0 Å². The summed E-state index contributed by atoms with van der Waals surface area (Å²) in [5.41, 5.74) is 2.23. The van der Waals surface area contributed by atoms with Gasteiger partial charge in [-0.05, 0) is 11.8 Å². The Bertz CT molecular complexity index is 501. The van der Waals surface area contributed by atoms with Gasteiger partial charge in [0.15, 0.2) is 0 Å². The number of hydrogen-bond donors (Lipinski definition) is 2. The summed E-state index contributed by atoms with van der Waals surface area (Å²) < 4.78 is 0. The quantitative estimate of drug-likeness (QED) is 0.863. The van der Waals surface area contributed by atoms with Crippen molar-refractivity contribution < 1.29 is 0 Å². The number of H-pyrrole nitrogens is 1. The molecular weight excluding hydrogens is 240 g/mol. The molecule has 0 bridgehead atoms. The second-order valence-corrected chi connectivity index (χ2v) is 6.48. The van der Waals surface area contributed by atoms with Crippen molar-refractivity contribution in [2.45, 2.75) is 40.2 Å². The van der Waals surface area contributed by atoms with E-state index in [0.29, 0.717) is 0 Å². The fourth-order valence-corrected chi connectivity index (χ4v) is 2.28.